The first-order chi connectivity index (χ1) is 15.0. The summed E-state index contributed by atoms with van der Waals surface area (Å²) in [5, 5.41) is 10.5. The van der Waals surface area contributed by atoms with E-state index in [9.17, 15) is 4.79 Å². The number of aryl methyl sites for hydroxylation is 1. The van der Waals surface area contributed by atoms with Gasteiger partial charge in [-0.3, -0.25) is 9.89 Å². The van der Waals surface area contributed by atoms with Crippen molar-refractivity contribution in [3.05, 3.63) is 59.8 Å². The number of hydrogen-bond donors (Lipinski definition) is 3. The van der Waals surface area contributed by atoms with Gasteiger partial charge in [-0.2, -0.15) is 5.10 Å². The second kappa shape index (κ2) is 9.18. The number of fused-ring (bicyclic) bond motifs is 1. The lowest BCUT2D eigenvalue weighted by Crippen LogP contribution is -2.35. The molecule has 160 valence electrons. The van der Waals surface area contributed by atoms with Crippen LogP contribution in [0.2, 0.25) is 0 Å². The van der Waals surface area contributed by atoms with E-state index in [2.05, 4.69) is 26.6 Å². The van der Waals surface area contributed by atoms with E-state index in [1.807, 2.05) is 55.1 Å². The molecule has 3 heterocycles. The Bertz CT molecular complexity index is 1180. The van der Waals surface area contributed by atoms with E-state index in [0.29, 0.717) is 31.9 Å². The van der Waals surface area contributed by atoms with Gasteiger partial charge >= 0.3 is 0 Å². The zero-order chi connectivity index (χ0) is 21.8. The zero-order valence-corrected chi connectivity index (χ0v) is 18.5. The number of hydrogen-bond acceptors (Lipinski definition) is 6. The number of pyridine rings is 1. The highest BCUT2D eigenvalue weighted by atomic mass is 32.1. The van der Waals surface area contributed by atoms with Crippen LogP contribution in [0.1, 0.15) is 18.1 Å². The molecule has 7 nitrogen and oxygen atoms in total. The molecule has 0 saturated carbocycles. The number of amides is 1. The lowest BCUT2D eigenvalue weighted by Gasteiger charge is -2.21. The van der Waals surface area contributed by atoms with E-state index in [1.54, 1.807) is 17.5 Å². The highest BCUT2D eigenvalue weighted by molar-refractivity contribution is 7.22. The molecule has 1 aromatic carbocycles. The molecule has 4 aromatic rings. The van der Waals surface area contributed by atoms with Crippen LogP contribution in [0.15, 0.2) is 48.7 Å². The number of rotatable bonds is 8. The van der Waals surface area contributed by atoms with Gasteiger partial charge in [0.2, 0.25) is 5.91 Å². The van der Waals surface area contributed by atoms with Gasteiger partial charge in [-0.1, -0.05) is 29.8 Å². The smallest absolute Gasteiger partial charge is 0.227 e. The molecule has 3 aromatic heterocycles. The number of nitrogens with zero attached hydrogens (tertiary/aromatic N) is 3. The molecule has 0 aliphatic carbocycles. The van der Waals surface area contributed by atoms with Crippen LogP contribution in [0.25, 0.3) is 20.8 Å². The maximum atomic E-state index is 12.8. The number of aromatic amines is 1. The summed E-state index contributed by atoms with van der Waals surface area (Å²) < 4.78 is 1.04. The van der Waals surface area contributed by atoms with Gasteiger partial charge in [-0.15, -0.1) is 11.3 Å². The summed E-state index contributed by atoms with van der Waals surface area (Å²) in [6, 6.07) is 13.9. The Morgan fingerprint density at radius 3 is 2.87 bits per heavy atom. The minimum atomic E-state index is 0.131. The maximum Gasteiger partial charge on any atom is 0.227 e. The number of aromatic nitrogens is 3. The molecule has 4 rings (SSSR count). The highest BCUT2D eigenvalue weighted by Crippen LogP contribution is 2.36. The SMILES string of the molecule is CCN(CCNc1cc(N)nc2cc(-c3ccn[nH]3)sc12)C(=O)Cc1cccc(C)c1. The molecular formula is C23H26N6OS. The molecule has 0 radical (unpaired) electrons. The normalized spacial score (nSPS) is 11.0. The number of carbonyl (C=O) groups excluding carboxylic acids is 1. The first-order valence-corrected chi connectivity index (χ1v) is 11.1. The summed E-state index contributed by atoms with van der Waals surface area (Å²) >= 11 is 1.63. The Hall–Kier alpha value is -3.39. The maximum absolute atomic E-state index is 12.8. The van der Waals surface area contributed by atoms with Crippen LogP contribution in [0, 0.1) is 6.92 Å². The fraction of sp³-hybridized carbons (Fsp3) is 0.261. The van der Waals surface area contributed by atoms with Crippen LogP contribution in [0.3, 0.4) is 0 Å². The first-order valence-electron chi connectivity index (χ1n) is 10.3. The van der Waals surface area contributed by atoms with Crippen molar-refractivity contribution in [3.8, 4) is 10.6 Å². The summed E-state index contributed by atoms with van der Waals surface area (Å²) in [4.78, 5) is 20.1. The van der Waals surface area contributed by atoms with Gasteiger partial charge < -0.3 is 16.0 Å². The lowest BCUT2D eigenvalue weighted by atomic mass is 10.1. The molecule has 8 heteroatoms. The van der Waals surface area contributed by atoms with Gasteiger partial charge in [0.05, 0.1) is 32.9 Å². The Morgan fingerprint density at radius 1 is 1.26 bits per heavy atom. The zero-order valence-electron chi connectivity index (χ0n) is 17.7. The summed E-state index contributed by atoms with van der Waals surface area (Å²) in [5.74, 6) is 0.596. The number of benzene rings is 1. The third-order valence-corrected chi connectivity index (χ3v) is 6.33. The van der Waals surface area contributed by atoms with E-state index >= 15 is 0 Å². The number of thiophene rings is 1. The highest BCUT2D eigenvalue weighted by Gasteiger charge is 2.14. The monoisotopic (exact) mass is 434 g/mol. The summed E-state index contributed by atoms with van der Waals surface area (Å²) in [6.07, 6.45) is 2.15. The largest absolute Gasteiger partial charge is 0.384 e. The van der Waals surface area contributed by atoms with Crippen LogP contribution in [-0.4, -0.2) is 45.6 Å². The molecule has 0 saturated heterocycles. The number of likely N-dealkylation sites (N-methyl/N-ethyl adjacent to an activating group) is 1. The standard InChI is InChI=1S/C23H26N6OS/c1-3-29(22(30)12-16-6-4-5-15(2)11-16)10-9-25-18-14-21(24)27-19-13-20(31-23(18)19)17-7-8-26-28-17/h4-8,11,13-14H,3,9-10,12H2,1-2H3,(H,26,28)(H3,24,25,27). The van der Waals surface area contributed by atoms with Crippen LogP contribution >= 0.6 is 11.3 Å². The molecule has 0 spiro atoms. The molecule has 0 atom stereocenters. The quantitative estimate of drug-likeness (QED) is 0.388. The van der Waals surface area contributed by atoms with E-state index in [-0.39, 0.29) is 5.91 Å². The van der Waals surface area contributed by atoms with Crippen molar-refractivity contribution >= 4 is 39.0 Å². The molecule has 1 amide bonds. The molecule has 0 aliphatic rings. The lowest BCUT2D eigenvalue weighted by molar-refractivity contribution is -0.130. The van der Waals surface area contributed by atoms with E-state index in [4.69, 9.17) is 5.73 Å². The van der Waals surface area contributed by atoms with Crippen LogP contribution < -0.4 is 11.1 Å². The van der Waals surface area contributed by atoms with Gasteiger partial charge in [0.1, 0.15) is 5.82 Å². The van der Waals surface area contributed by atoms with E-state index in [0.717, 1.165) is 32.0 Å². The van der Waals surface area contributed by atoms with Crippen molar-refractivity contribution in [3.63, 3.8) is 0 Å². The van der Waals surface area contributed by atoms with E-state index in [1.165, 1.54) is 5.56 Å². The van der Waals surface area contributed by atoms with Gasteiger partial charge in [-0.05, 0) is 31.5 Å². The number of H-pyrrole nitrogens is 1. The average molecular weight is 435 g/mol. The van der Waals surface area contributed by atoms with Gasteiger partial charge in [0.15, 0.2) is 0 Å². The van der Waals surface area contributed by atoms with Crippen LogP contribution in [0.4, 0.5) is 11.5 Å². The van der Waals surface area contributed by atoms with Crippen LogP contribution in [0.5, 0.6) is 0 Å². The average Bonchev–Trinajstić information content (AvgIpc) is 3.40. The van der Waals surface area contributed by atoms with Crippen molar-refractivity contribution in [1.82, 2.24) is 20.1 Å². The third kappa shape index (κ3) is 4.86. The minimum Gasteiger partial charge on any atom is -0.384 e. The van der Waals surface area contributed by atoms with Crippen LogP contribution in [-0.2, 0) is 11.2 Å². The fourth-order valence-corrected chi connectivity index (χ4v) is 4.66. The number of carbonyl (C=O) groups is 1. The Kier molecular flexibility index (Phi) is 6.18. The molecular weight excluding hydrogens is 408 g/mol. The summed E-state index contributed by atoms with van der Waals surface area (Å²) in [6.45, 7) is 5.96. The molecule has 0 bridgehead atoms. The topological polar surface area (TPSA) is 99.9 Å². The van der Waals surface area contributed by atoms with Gasteiger partial charge in [0, 0.05) is 31.9 Å². The van der Waals surface area contributed by atoms with Crippen molar-refractivity contribution in [2.75, 3.05) is 30.7 Å². The Balaban J connectivity index is 1.43. The summed E-state index contributed by atoms with van der Waals surface area (Å²) in [5.41, 5.74) is 11.0. The van der Waals surface area contributed by atoms with E-state index < -0.39 is 0 Å². The molecule has 31 heavy (non-hydrogen) atoms. The van der Waals surface area contributed by atoms with Crippen molar-refractivity contribution in [1.29, 1.82) is 0 Å². The van der Waals surface area contributed by atoms with Crippen molar-refractivity contribution in [2.24, 2.45) is 0 Å². The minimum absolute atomic E-state index is 0.131. The summed E-state index contributed by atoms with van der Waals surface area (Å²) in [7, 11) is 0. The third-order valence-electron chi connectivity index (χ3n) is 5.13. The predicted octanol–water partition coefficient (Wildman–Crippen LogP) is 4.08. The predicted molar refractivity (Wildman–Crippen MR) is 127 cm³/mol. The van der Waals surface area contributed by atoms with Crippen molar-refractivity contribution in [2.45, 2.75) is 20.3 Å². The molecule has 0 aliphatic heterocycles. The number of anilines is 2. The fourth-order valence-electron chi connectivity index (χ4n) is 3.59. The Labute approximate surface area is 185 Å². The second-order valence-electron chi connectivity index (χ2n) is 7.46. The first kappa shape index (κ1) is 20.9. The molecule has 0 unspecified atom stereocenters. The number of nitrogen functional groups attached to an aromatic ring is 1. The Morgan fingerprint density at radius 2 is 2.13 bits per heavy atom. The molecule has 0 fully saturated rings. The number of nitrogens with two attached hydrogens (primary N) is 1. The number of nitrogens with one attached hydrogen (secondary N) is 2. The van der Waals surface area contributed by atoms with Gasteiger partial charge in [0.25, 0.3) is 0 Å². The molecule has 4 N–H and O–H groups in total. The van der Waals surface area contributed by atoms with Gasteiger partial charge in [-0.25, -0.2) is 4.98 Å². The second-order valence-corrected chi connectivity index (χ2v) is 8.51. The van der Waals surface area contributed by atoms with Crippen molar-refractivity contribution < 1.29 is 4.79 Å².